The van der Waals surface area contributed by atoms with E-state index in [1.165, 1.54) is 0 Å². The fraction of sp³-hybridized carbons (Fsp3) is 0.429. The van der Waals surface area contributed by atoms with Gasteiger partial charge >= 0.3 is 0 Å². The summed E-state index contributed by atoms with van der Waals surface area (Å²) in [4.78, 5) is 0. The van der Waals surface area contributed by atoms with Crippen LogP contribution in [-0.2, 0) is 0 Å². The number of rotatable bonds is 2. The zero-order chi connectivity index (χ0) is 10.1. The summed E-state index contributed by atoms with van der Waals surface area (Å²) in [7, 11) is 0. The lowest BCUT2D eigenvalue weighted by atomic mass is 10.3. The summed E-state index contributed by atoms with van der Waals surface area (Å²) in [5, 5.41) is 17.1. The number of H-pyrrole nitrogens is 2. The van der Waals surface area contributed by atoms with Crippen LogP contribution in [0, 0.1) is 4.77 Å². The van der Waals surface area contributed by atoms with Crippen molar-refractivity contribution in [2.75, 3.05) is 0 Å². The zero-order valence-corrected chi connectivity index (χ0v) is 8.67. The smallest absolute Gasteiger partial charge is 0.195 e. The SMILES string of the molecule is CC(C)n1c(-c2cn[nH]n2)n[nH]c1=S. The lowest BCUT2D eigenvalue weighted by Gasteiger charge is -2.07. The summed E-state index contributed by atoms with van der Waals surface area (Å²) in [6, 6.07) is 0.243. The van der Waals surface area contributed by atoms with Gasteiger partial charge < -0.3 is 0 Å². The third-order valence-corrected chi connectivity index (χ3v) is 2.15. The summed E-state index contributed by atoms with van der Waals surface area (Å²) < 4.78 is 2.49. The van der Waals surface area contributed by atoms with E-state index in [1.54, 1.807) is 6.20 Å². The highest BCUT2D eigenvalue weighted by Crippen LogP contribution is 2.17. The molecular formula is C7H10N6S. The average molecular weight is 210 g/mol. The average Bonchev–Trinajstić information content (AvgIpc) is 2.70. The van der Waals surface area contributed by atoms with E-state index >= 15 is 0 Å². The van der Waals surface area contributed by atoms with Gasteiger partial charge in [-0.05, 0) is 26.1 Å². The third-order valence-electron chi connectivity index (χ3n) is 1.86. The van der Waals surface area contributed by atoms with Crippen LogP contribution in [0.5, 0.6) is 0 Å². The molecule has 0 fully saturated rings. The topological polar surface area (TPSA) is 75.2 Å². The molecule has 74 valence electrons. The van der Waals surface area contributed by atoms with E-state index in [9.17, 15) is 0 Å². The quantitative estimate of drug-likeness (QED) is 0.733. The fourth-order valence-corrected chi connectivity index (χ4v) is 1.62. The van der Waals surface area contributed by atoms with Crippen molar-refractivity contribution in [3.63, 3.8) is 0 Å². The van der Waals surface area contributed by atoms with E-state index in [2.05, 4.69) is 25.6 Å². The number of nitrogens with one attached hydrogen (secondary N) is 2. The molecular weight excluding hydrogens is 200 g/mol. The first kappa shape index (κ1) is 9.07. The highest BCUT2D eigenvalue weighted by Gasteiger charge is 2.12. The van der Waals surface area contributed by atoms with E-state index in [1.807, 2.05) is 18.4 Å². The highest BCUT2D eigenvalue weighted by atomic mass is 32.1. The van der Waals surface area contributed by atoms with E-state index in [-0.39, 0.29) is 6.04 Å². The summed E-state index contributed by atoms with van der Waals surface area (Å²) in [6.45, 7) is 4.07. The molecule has 0 aromatic carbocycles. The molecule has 6 nitrogen and oxygen atoms in total. The van der Waals surface area contributed by atoms with Crippen molar-refractivity contribution in [3.05, 3.63) is 11.0 Å². The maximum atomic E-state index is 5.11. The maximum Gasteiger partial charge on any atom is 0.195 e. The standard InChI is InChI=1S/C7H10N6S/c1-4(2)13-6(10-11-7(13)14)5-3-8-12-9-5/h3-4H,1-2H3,(H,11,14)(H,8,9,12). The van der Waals surface area contributed by atoms with Gasteiger partial charge in [-0.1, -0.05) is 0 Å². The summed E-state index contributed by atoms with van der Waals surface area (Å²) >= 11 is 5.11. The van der Waals surface area contributed by atoms with Gasteiger partial charge in [0.2, 0.25) is 0 Å². The monoisotopic (exact) mass is 210 g/mol. The minimum Gasteiger partial charge on any atom is -0.296 e. The van der Waals surface area contributed by atoms with Crippen molar-refractivity contribution in [2.45, 2.75) is 19.9 Å². The molecule has 0 atom stereocenters. The molecule has 0 unspecified atom stereocenters. The normalized spacial score (nSPS) is 11.1. The minimum atomic E-state index is 0.243. The second-order valence-electron chi connectivity index (χ2n) is 3.17. The van der Waals surface area contributed by atoms with Gasteiger partial charge in [-0.25, -0.2) is 0 Å². The molecule has 0 saturated heterocycles. The number of aromatic nitrogens is 6. The molecule has 2 rings (SSSR count). The Morgan fingerprint density at radius 3 is 2.79 bits per heavy atom. The maximum absolute atomic E-state index is 5.11. The fourth-order valence-electron chi connectivity index (χ4n) is 1.27. The number of nitrogens with zero attached hydrogens (tertiary/aromatic N) is 4. The predicted octanol–water partition coefficient (Wildman–Crippen LogP) is 1.31. The second kappa shape index (κ2) is 3.33. The molecule has 0 aliphatic carbocycles. The van der Waals surface area contributed by atoms with Crippen molar-refractivity contribution in [3.8, 4) is 11.5 Å². The Bertz CT molecular complexity index is 465. The highest BCUT2D eigenvalue weighted by molar-refractivity contribution is 7.71. The molecule has 2 aromatic rings. The first-order valence-electron chi connectivity index (χ1n) is 4.23. The first-order valence-corrected chi connectivity index (χ1v) is 4.64. The van der Waals surface area contributed by atoms with Crippen LogP contribution in [0.15, 0.2) is 6.20 Å². The van der Waals surface area contributed by atoms with Gasteiger partial charge in [0.1, 0.15) is 5.69 Å². The zero-order valence-electron chi connectivity index (χ0n) is 7.85. The van der Waals surface area contributed by atoms with Gasteiger partial charge in [0, 0.05) is 6.04 Å². The molecule has 0 spiro atoms. The molecule has 2 heterocycles. The Morgan fingerprint density at radius 2 is 2.21 bits per heavy atom. The van der Waals surface area contributed by atoms with Crippen LogP contribution in [0.4, 0.5) is 0 Å². The number of aromatic amines is 2. The van der Waals surface area contributed by atoms with Crippen LogP contribution in [-0.4, -0.2) is 30.2 Å². The number of hydrogen-bond donors (Lipinski definition) is 2. The van der Waals surface area contributed by atoms with Crippen LogP contribution in [0.3, 0.4) is 0 Å². The predicted molar refractivity (Wildman–Crippen MR) is 53.2 cm³/mol. The lowest BCUT2D eigenvalue weighted by molar-refractivity contribution is 0.596. The summed E-state index contributed by atoms with van der Waals surface area (Å²) in [5.41, 5.74) is 0.686. The van der Waals surface area contributed by atoms with Gasteiger partial charge in [-0.2, -0.15) is 20.5 Å². The molecule has 14 heavy (non-hydrogen) atoms. The van der Waals surface area contributed by atoms with Crippen LogP contribution in [0.1, 0.15) is 19.9 Å². The van der Waals surface area contributed by atoms with Gasteiger partial charge in [0.05, 0.1) is 6.20 Å². The molecule has 0 aliphatic rings. The Balaban J connectivity index is 2.60. The van der Waals surface area contributed by atoms with Crippen molar-refractivity contribution < 1.29 is 0 Å². The lowest BCUT2D eigenvalue weighted by Crippen LogP contribution is -2.03. The van der Waals surface area contributed by atoms with Crippen molar-refractivity contribution in [1.29, 1.82) is 0 Å². The molecule has 0 saturated carbocycles. The van der Waals surface area contributed by atoms with Crippen LogP contribution in [0.25, 0.3) is 11.5 Å². The summed E-state index contributed by atoms with van der Waals surface area (Å²) in [6.07, 6.45) is 1.61. The van der Waals surface area contributed by atoms with E-state index in [4.69, 9.17) is 12.2 Å². The largest absolute Gasteiger partial charge is 0.296 e. The second-order valence-corrected chi connectivity index (χ2v) is 3.56. The van der Waals surface area contributed by atoms with E-state index in [0.717, 1.165) is 0 Å². The van der Waals surface area contributed by atoms with Crippen molar-refractivity contribution >= 4 is 12.2 Å². The third kappa shape index (κ3) is 1.35. The van der Waals surface area contributed by atoms with Crippen LogP contribution >= 0.6 is 12.2 Å². The molecule has 2 N–H and O–H groups in total. The van der Waals surface area contributed by atoms with E-state index < -0.39 is 0 Å². The summed E-state index contributed by atoms with van der Waals surface area (Å²) in [5.74, 6) is 0.707. The Hall–Kier alpha value is -1.50. The van der Waals surface area contributed by atoms with Gasteiger partial charge in [0.15, 0.2) is 10.6 Å². The van der Waals surface area contributed by atoms with E-state index in [0.29, 0.717) is 16.3 Å². The number of hydrogen-bond acceptors (Lipinski definition) is 4. The van der Waals surface area contributed by atoms with Gasteiger partial charge in [0.25, 0.3) is 0 Å². The molecule has 0 radical (unpaired) electrons. The Morgan fingerprint density at radius 1 is 1.43 bits per heavy atom. The Labute approximate surface area is 85.4 Å². The molecule has 0 aliphatic heterocycles. The van der Waals surface area contributed by atoms with Crippen molar-refractivity contribution in [2.24, 2.45) is 0 Å². The minimum absolute atomic E-state index is 0.243. The van der Waals surface area contributed by atoms with Gasteiger partial charge in [-0.3, -0.25) is 9.67 Å². The van der Waals surface area contributed by atoms with Crippen LogP contribution in [0.2, 0.25) is 0 Å². The molecule has 0 bridgehead atoms. The van der Waals surface area contributed by atoms with Crippen LogP contribution < -0.4 is 0 Å². The Kier molecular flexibility index (Phi) is 2.16. The molecule has 7 heteroatoms. The van der Waals surface area contributed by atoms with Crippen molar-refractivity contribution in [1.82, 2.24) is 30.2 Å². The molecule has 0 amide bonds. The first-order chi connectivity index (χ1) is 6.70. The molecule has 2 aromatic heterocycles. The van der Waals surface area contributed by atoms with Gasteiger partial charge in [-0.15, -0.1) is 0 Å².